The van der Waals surface area contributed by atoms with Gasteiger partial charge in [-0.2, -0.15) is 0 Å². The van der Waals surface area contributed by atoms with Crippen LogP contribution in [0.15, 0.2) is 48.5 Å². The van der Waals surface area contributed by atoms with Crippen molar-refractivity contribution in [2.24, 2.45) is 0 Å². The van der Waals surface area contributed by atoms with Crippen LogP contribution in [-0.2, 0) is 12.8 Å². The Hall–Kier alpha value is -3.41. The molecule has 0 radical (unpaired) electrons. The topological polar surface area (TPSA) is 75.5 Å². The number of benzene rings is 2. The second kappa shape index (κ2) is 8.02. The number of phenols is 1. The van der Waals surface area contributed by atoms with Crippen molar-refractivity contribution in [2.45, 2.75) is 31.6 Å². The number of ether oxygens (including phenoxy) is 1. The van der Waals surface area contributed by atoms with E-state index in [4.69, 9.17) is 14.7 Å². The number of aromatic nitrogens is 2. The van der Waals surface area contributed by atoms with Gasteiger partial charge in [0, 0.05) is 47.8 Å². The maximum Gasteiger partial charge on any atom is 0.253 e. The van der Waals surface area contributed by atoms with Crippen LogP contribution in [0.3, 0.4) is 0 Å². The molecule has 2 aliphatic rings. The first-order valence-corrected chi connectivity index (χ1v) is 10.7. The Morgan fingerprint density at radius 3 is 2.39 bits per heavy atom. The Balaban J connectivity index is 1.45. The van der Waals surface area contributed by atoms with E-state index in [-0.39, 0.29) is 11.7 Å². The lowest BCUT2D eigenvalue weighted by Crippen LogP contribution is -2.33. The molecule has 31 heavy (non-hydrogen) atoms. The smallest absolute Gasteiger partial charge is 0.253 e. The van der Waals surface area contributed by atoms with Crippen molar-refractivity contribution in [3.05, 3.63) is 71.2 Å². The molecule has 0 spiro atoms. The van der Waals surface area contributed by atoms with Gasteiger partial charge >= 0.3 is 0 Å². The number of rotatable bonds is 4. The largest absolute Gasteiger partial charge is 0.508 e. The fourth-order valence-electron chi connectivity index (χ4n) is 4.12. The molecule has 3 aromatic rings. The minimum absolute atomic E-state index is 0.0250. The molecule has 1 aliphatic carbocycles. The van der Waals surface area contributed by atoms with Gasteiger partial charge in [0.25, 0.3) is 5.91 Å². The lowest BCUT2D eigenvalue weighted by atomic mass is 10.0. The van der Waals surface area contributed by atoms with Gasteiger partial charge in [-0.1, -0.05) is 0 Å². The molecule has 1 amide bonds. The summed E-state index contributed by atoms with van der Waals surface area (Å²) >= 11 is 0. The summed E-state index contributed by atoms with van der Waals surface area (Å²) in [5, 5.41) is 9.69. The van der Waals surface area contributed by atoms with Crippen LogP contribution in [0.2, 0.25) is 0 Å². The summed E-state index contributed by atoms with van der Waals surface area (Å²) in [6.07, 6.45) is 3.69. The molecule has 1 N–H and O–H groups in total. The first-order chi connectivity index (χ1) is 15.1. The molecule has 1 saturated carbocycles. The van der Waals surface area contributed by atoms with Crippen molar-refractivity contribution in [3.63, 3.8) is 0 Å². The molecular formula is C25H25N3O3. The third-order valence-electron chi connectivity index (χ3n) is 6.07. The Morgan fingerprint density at radius 2 is 1.71 bits per heavy atom. The van der Waals surface area contributed by atoms with E-state index in [2.05, 4.69) is 0 Å². The Morgan fingerprint density at radius 1 is 1.00 bits per heavy atom. The van der Waals surface area contributed by atoms with E-state index in [0.717, 1.165) is 46.9 Å². The number of nitrogens with zero attached hydrogens (tertiary/aromatic N) is 3. The number of aromatic hydroxyl groups is 1. The number of methoxy groups -OCH3 is 1. The molecule has 0 atom stereocenters. The first-order valence-electron chi connectivity index (χ1n) is 10.7. The van der Waals surface area contributed by atoms with Gasteiger partial charge in [-0.3, -0.25) is 4.79 Å². The van der Waals surface area contributed by atoms with Gasteiger partial charge in [-0.25, -0.2) is 9.97 Å². The standard InChI is InChI=1S/C25H25N3O3/c1-31-20-10-6-18(7-11-20)25(30)28-14-12-21-22(13-15-28)26-24(17-2-3-17)27-23(21)16-4-8-19(29)9-5-16/h4-11,17,29H,2-3,12-15H2,1H3. The third kappa shape index (κ3) is 3.98. The molecule has 1 fully saturated rings. The highest BCUT2D eigenvalue weighted by molar-refractivity contribution is 5.94. The number of carbonyl (C=O) groups excluding carboxylic acids is 1. The van der Waals surface area contributed by atoms with Gasteiger partial charge in [-0.05, 0) is 67.8 Å². The highest BCUT2D eigenvalue weighted by Crippen LogP contribution is 2.40. The molecule has 0 bridgehead atoms. The number of fused-ring (bicyclic) bond motifs is 1. The normalized spacial score (nSPS) is 15.8. The molecule has 1 aromatic heterocycles. The van der Waals surface area contributed by atoms with Gasteiger partial charge in [0.05, 0.1) is 12.8 Å². The van der Waals surface area contributed by atoms with E-state index in [1.165, 1.54) is 0 Å². The van der Waals surface area contributed by atoms with Gasteiger partial charge in [0.2, 0.25) is 0 Å². The Bertz CT molecular complexity index is 1110. The van der Waals surface area contributed by atoms with Crippen molar-refractivity contribution >= 4 is 5.91 Å². The zero-order valence-corrected chi connectivity index (χ0v) is 17.5. The molecular weight excluding hydrogens is 390 g/mol. The van der Waals surface area contributed by atoms with Crippen LogP contribution >= 0.6 is 0 Å². The lowest BCUT2D eigenvalue weighted by Gasteiger charge is -2.20. The van der Waals surface area contributed by atoms with E-state index in [0.29, 0.717) is 37.4 Å². The van der Waals surface area contributed by atoms with Crippen LogP contribution in [-0.4, -0.2) is 46.1 Å². The molecule has 6 heteroatoms. The quantitative estimate of drug-likeness (QED) is 0.698. The summed E-state index contributed by atoms with van der Waals surface area (Å²) in [7, 11) is 1.62. The molecule has 5 rings (SSSR count). The number of hydrogen-bond donors (Lipinski definition) is 1. The van der Waals surface area contributed by atoms with E-state index < -0.39 is 0 Å². The van der Waals surface area contributed by atoms with Crippen molar-refractivity contribution in [1.82, 2.24) is 14.9 Å². The minimum Gasteiger partial charge on any atom is -0.508 e. The summed E-state index contributed by atoms with van der Waals surface area (Å²) in [5.74, 6) is 2.36. The van der Waals surface area contributed by atoms with Gasteiger partial charge in [0.1, 0.15) is 17.3 Å². The Labute approximate surface area is 181 Å². The number of phenolic OH excluding ortho intramolecular Hbond substituents is 1. The summed E-state index contributed by atoms with van der Waals surface area (Å²) < 4.78 is 5.20. The van der Waals surface area contributed by atoms with Gasteiger partial charge in [-0.15, -0.1) is 0 Å². The highest BCUT2D eigenvalue weighted by Gasteiger charge is 2.30. The number of hydrogen-bond acceptors (Lipinski definition) is 5. The SMILES string of the molecule is COc1ccc(C(=O)N2CCc3nc(C4CC4)nc(-c4ccc(O)cc4)c3CC2)cc1. The average Bonchev–Trinajstić information content (AvgIpc) is 3.66. The number of carbonyl (C=O) groups is 1. The molecule has 0 unspecified atom stereocenters. The van der Waals surface area contributed by atoms with E-state index in [1.807, 2.05) is 41.3 Å². The summed E-state index contributed by atoms with van der Waals surface area (Å²) in [6.45, 7) is 1.25. The predicted octanol–water partition coefficient (Wildman–Crippen LogP) is 3.98. The van der Waals surface area contributed by atoms with Crippen LogP contribution in [0.1, 0.15) is 46.2 Å². The Kier molecular flexibility index (Phi) is 5.06. The summed E-state index contributed by atoms with van der Waals surface area (Å²) in [4.78, 5) is 24.8. The highest BCUT2D eigenvalue weighted by atomic mass is 16.5. The van der Waals surface area contributed by atoms with E-state index in [1.54, 1.807) is 19.2 Å². The van der Waals surface area contributed by atoms with E-state index in [9.17, 15) is 9.90 Å². The van der Waals surface area contributed by atoms with Crippen LogP contribution in [0, 0.1) is 0 Å². The average molecular weight is 415 g/mol. The maximum atomic E-state index is 13.1. The molecule has 2 aromatic carbocycles. The minimum atomic E-state index is 0.0250. The van der Waals surface area contributed by atoms with E-state index >= 15 is 0 Å². The summed E-state index contributed by atoms with van der Waals surface area (Å²) in [6, 6.07) is 14.4. The molecule has 6 nitrogen and oxygen atoms in total. The van der Waals surface area contributed by atoms with Crippen LogP contribution < -0.4 is 4.74 Å². The monoisotopic (exact) mass is 415 g/mol. The zero-order valence-electron chi connectivity index (χ0n) is 17.5. The molecule has 2 heterocycles. The maximum absolute atomic E-state index is 13.1. The van der Waals surface area contributed by atoms with Crippen molar-refractivity contribution in [1.29, 1.82) is 0 Å². The lowest BCUT2D eigenvalue weighted by molar-refractivity contribution is 0.0763. The van der Waals surface area contributed by atoms with Crippen molar-refractivity contribution < 1.29 is 14.6 Å². The van der Waals surface area contributed by atoms with Gasteiger partial charge < -0.3 is 14.7 Å². The van der Waals surface area contributed by atoms with Crippen LogP contribution in [0.5, 0.6) is 11.5 Å². The second-order valence-electron chi connectivity index (χ2n) is 8.20. The van der Waals surface area contributed by atoms with Crippen LogP contribution in [0.4, 0.5) is 0 Å². The second-order valence-corrected chi connectivity index (χ2v) is 8.20. The predicted molar refractivity (Wildman–Crippen MR) is 117 cm³/mol. The fourth-order valence-corrected chi connectivity index (χ4v) is 4.12. The first kappa shape index (κ1) is 19.5. The third-order valence-corrected chi connectivity index (χ3v) is 6.07. The van der Waals surface area contributed by atoms with Crippen molar-refractivity contribution in [3.8, 4) is 22.8 Å². The van der Waals surface area contributed by atoms with Crippen molar-refractivity contribution in [2.75, 3.05) is 20.2 Å². The zero-order chi connectivity index (χ0) is 21.4. The van der Waals surface area contributed by atoms with Crippen LogP contribution in [0.25, 0.3) is 11.3 Å². The number of amides is 1. The molecule has 0 saturated heterocycles. The molecule has 158 valence electrons. The van der Waals surface area contributed by atoms with Gasteiger partial charge in [0.15, 0.2) is 0 Å². The summed E-state index contributed by atoms with van der Waals surface area (Å²) in [5.41, 5.74) is 4.74. The fraction of sp³-hybridized carbons (Fsp3) is 0.320. The molecule has 1 aliphatic heterocycles.